The van der Waals surface area contributed by atoms with Gasteiger partial charge in [0.1, 0.15) is 6.61 Å². The molecule has 8 nitrogen and oxygen atoms in total. The maximum Gasteiger partial charge on any atom is 0.363 e. The summed E-state index contributed by atoms with van der Waals surface area (Å²) in [5, 5.41) is 10.8. The molecule has 0 unspecified atom stereocenters. The summed E-state index contributed by atoms with van der Waals surface area (Å²) in [5.74, 6) is 0.715. The van der Waals surface area contributed by atoms with E-state index in [1.54, 1.807) is 36.4 Å². The maximum atomic E-state index is 12.4. The average molecular weight is 649 g/mol. The number of nitro benzene ring substituents is 1. The van der Waals surface area contributed by atoms with Crippen molar-refractivity contribution in [3.63, 3.8) is 0 Å². The van der Waals surface area contributed by atoms with E-state index in [0.717, 1.165) is 13.6 Å². The zero-order valence-electron chi connectivity index (χ0n) is 18.4. The molecule has 0 aliphatic carbocycles. The second-order valence-electron chi connectivity index (χ2n) is 7.32. The predicted molar refractivity (Wildman–Crippen MR) is 143 cm³/mol. The second-order valence-corrected chi connectivity index (χ2v) is 9.33. The van der Waals surface area contributed by atoms with E-state index in [2.05, 4.69) is 43.5 Å². The minimum absolute atomic E-state index is 0.0204. The number of halogens is 2. The summed E-state index contributed by atoms with van der Waals surface area (Å²) in [5.41, 5.74) is 2.36. The van der Waals surface area contributed by atoms with E-state index in [1.807, 2.05) is 25.1 Å². The number of benzene rings is 3. The highest BCUT2D eigenvalue weighted by Gasteiger charge is 2.24. The number of non-ortho nitro benzene ring substituents is 1. The van der Waals surface area contributed by atoms with E-state index in [-0.39, 0.29) is 23.9 Å². The van der Waals surface area contributed by atoms with Gasteiger partial charge in [-0.1, -0.05) is 6.07 Å². The summed E-state index contributed by atoms with van der Waals surface area (Å²) in [6.45, 7) is 2.49. The van der Waals surface area contributed by atoms with Gasteiger partial charge >= 0.3 is 5.97 Å². The average Bonchev–Trinajstić information content (AvgIpc) is 3.20. The molecule has 0 bridgehead atoms. The van der Waals surface area contributed by atoms with Crippen molar-refractivity contribution >= 4 is 62.2 Å². The molecular formula is C25H18BrIN2O6. The fourth-order valence-electron chi connectivity index (χ4n) is 3.20. The van der Waals surface area contributed by atoms with Crippen molar-refractivity contribution < 1.29 is 23.9 Å². The molecule has 0 N–H and O–H groups in total. The number of carbonyl (C=O) groups excluding carboxylic acids is 1. The Morgan fingerprint density at radius 3 is 2.54 bits per heavy atom. The Morgan fingerprint density at radius 1 is 1.09 bits per heavy atom. The van der Waals surface area contributed by atoms with Gasteiger partial charge in [0.25, 0.3) is 5.69 Å². The van der Waals surface area contributed by atoms with Gasteiger partial charge in [0, 0.05) is 25.7 Å². The van der Waals surface area contributed by atoms with Gasteiger partial charge in [0.2, 0.25) is 5.90 Å². The number of hydrogen-bond donors (Lipinski definition) is 0. The molecule has 0 atom stereocenters. The van der Waals surface area contributed by atoms with Gasteiger partial charge in [-0.2, -0.15) is 0 Å². The molecular weight excluding hydrogens is 631 g/mol. The van der Waals surface area contributed by atoms with Crippen molar-refractivity contribution in [2.24, 2.45) is 4.99 Å². The molecule has 10 heteroatoms. The molecule has 0 fully saturated rings. The SMILES string of the molecule is CCOc1cc(/C=C2\N=C(c3ccc(I)c(Br)c3)OC2=O)ccc1OCc1ccc([N+](=O)[O-])cc1. The summed E-state index contributed by atoms with van der Waals surface area (Å²) in [6.07, 6.45) is 1.62. The Kier molecular flexibility index (Phi) is 7.81. The maximum absolute atomic E-state index is 12.4. The fourth-order valence-corrected chi connectivity index (χ4v) is 3.91. The van der Waals surface area contributed by atoms with Crippen LogP contribution in [0.15, 0.2) is 75.8 Å². The smallest absolute Gasteiger partial charge is 0.363 e. The molecule has 1 heterocycles. The molecule has 1 aliphatic rings. The summed E-state index contributed by atoms with van der Waals surface area (Å²) >= 11 is 5.67. The van der Waals surface area contributed by atoms with E-state index in [0.29, 0.717) is 29.2 Å². The number of carbonyl (C=O) groups is 1. The topological polar surface area (TPSA) is 100 Å². The number of rotatable bonds is 8. The Morgan fingerprint density at radius 2 is 1.86 bits per heavy atom. The van der Waals surface area contributed by atoms with Gasteiger partial charge in [0.15, 0.2) is 17.2 Å². The number of esters is 1. The van der Waals surface area contributed by atoms with Crippen LogP contribution in [0.4, 0.5) is 5.69 Å². The van der Waals surface area contributed by atoms with E-state index in [4.69, 9.17) is 14.2 Å². The molecule has 4 rings (SSSR count). The van der Waals surface area contributed by atoms with Crippen LogP contribution < -0.4 is 9.47 Å². The minimum atomic E-state index is -0.536. The predicted octanol–water partition coefficient (Wildman–Crippen LogP) is 6.28. The summed E-state index contributed by atoms with van der Waals surface area (Å²) in [7, 11) is 0. The highest BCUT2D eigenvalue weighted by molar-refractivity contribution is 14.1. The third-order valence-electron chi connectivity index (χ3n) is 4.90. The second kappa shape index (κ2) is 11.0. The number of ether oxygens (including phenoxy) is 3. The van der Waals surface area contributed by atoms with Crippen molar-refractivity contribution in [1.82, 2.24) is 0 Å². The molecule has 0 aromatic heterocycles. The van der Waals surface area contributed by atoms with Gasteiger partial charge in [-0.05, 0) is 105 Å². The molecule has 0 saturated heterocycles. The third kappa shape index (κ3) is 6.06. The molecule has 178 valence electrons. The molecule has 35 heavy (non-hydrogen) atoms. The molecule has 3 aromatic carbocycles. The zero-order chi connectivity index (χ0) is 24.9. The molecule has 0 spiro atoms. The summed E-state index contributed by atoms with van der Waals surface area (Å²) in [6, 6.07) is 17.0. The lowest BCUT2D eigenvalue weighted by molar-refractivity contribution is -0.384. The lowest BCUT2D eigenvalue weighted by Gasteiger charge is -2.13. The van der Waals surface area contributed by atoms with Crippen molar-refractivity contribution in [2.45, 2.75) is 13.5 Å². The lowest BCUT2D eigenvalue weighted by atomic mass is 10.1. The van der Waals surface area contributed by atoms with Gasteiger partial charge in [-0.3, -0.25) is 10.1 Å². The van der Waals surface area contributed by atoms with Crippen LogP contribution >= 0.6 is 38.5 Å². The van der Waals surface area contributed by atoms with Crippen LogP contribution in [0.2, 0.25) is 0 Å². The largest absolute Gasteiger partial charge is 0.490 e. The first-order valence-corrected chi connectivity index (χ1v) is 12.3. The number of cyclic esters (lactones) is 1. The normalized spacial score (nSPS) is 14.0. The number of hydrogen-bond acceptors (Lipinski definition) is 7. The van der Waals surface area contributed by atoms with E-state index < -0.39 is 10.9 Å². The number of aliphatic imine (C=N–C) groups is 1. The Hall–Kier alpha value is -3.25. The molecule has 0 radical (unpaired) electrons. The van der Waals surface area contributed by atoms with E-state index in [1.165, 1.54) is 12.1 Å². The summed E-state index contributed by atoms with van der Waals surface area (Å²) in [4.78, 5) is 27.1. The molecule has 3 aromatic rings. The molecule has 0 amide bonds. The molecule has 1 aliphatic heterocycles. The lowest BCUT2D eigenvalue weighted by Crippen LogP contribution is -2.05. The van der Waals surface area contributed by atoms with Crippen LogP contribution in [-0.2, 0) is 16.1 Å². The zero-order valence-corrected chi connectivity index (χ0v) is 22.1. The van der Waals surface area contributed by atoms with Crippen molar-refractivity contribution in [2.75, 3.05) is 6.61 Å². The highest BCUT2D eigenvalue weighted by atomic mass is 127. The van der Waals surface area contributed by atoms with Crippen LogP contribution in [0.1, 0.15) is 23.6 Å². The first-order chi connectivity index (χ1) is 16.8. The standard InChI is InChI=1S/C25H18BrIN2O6/c1-2-33-23-12-16(5-10-22(23)34-14-15-3-7-18(8-4-15)29(31)32)11-21-25(30)35-24(28-21)17-6-9-20(27)19(26)13-17/h3-13H,2,14H2,1H3/b21-11-. The van der Waals surface area contributed by atoms with Crippen molar-refractivity contribution in [3.8, 4) is 11.5 Å². The van der Waals surface area contributed by atoms with E-state index >= 15 is 0 Å². The van der Waals surface area contributed by atoms with Crippen molar-refractivity contribution in [3.05, 3.63) is 101 Å². The number of nitro groups is 1. The molecule has 0 saturated carbocycles. The van der Waals surface area contributed by atoms with Crippen LogP contribution in [-0.4, -0.2) is 23.4 Å². The monoisotopic (exact) mass is 648 g/mol. The van der Waals surface area contributed by atoms with Crippen LogP contribution in [0.25, 0.3) is 6.08 Å². The van der Waals surface area contributed by atoms with Gasteiger partial charge < -0.3 is 14.2 Å². The Labute approximate surface area is 223 Å². The van der Waals surface area contributed by atoms with Crippen molar-refractivity contribution in [1.29, 1.82) is 0 Å². The van der Waals surface area contributed by atoms with Gasteiger partial charge in [0.05, 0.1) is 11.5 Å². The first-order valence-electron chi connectivity index (χ1n) is 10.4. The highest BCUT2D eigenvalue weighted by Crippen LogP contribution is 2.31. The van der Waals surface area contributed by atoms with Gasteiger partial charge in [-0.25, -0.2) is 9.79 Å². The van der Waals surface area contributed by atoms with E-state index in [9.17, 15) is 14.9 Å². The first kappa shape index (κ1) is 24.9. The Bertz CT molecular complexity index is 1350. The van der Waals surface area contributed by atoms with Crippen LogP contribution in [0.5, 0.6) is 11.5 Å². The van der Waals surface area contributed by atoms with Crippen LogP contribution in [0, 0.1) is 13.7 Å². The Balaban J connectivity index is 1.53. The summed E-state index contributed by atoms with van der Waals surface area (Å²) < 4.78 is 18.9. The minimum Gasteiger partial charge on any atom is -0.490 e. The third-order valence-corrected chi connectivity index (χ3v) is 7.24. The van der Waals surface area contributed by atoms with Crippen LogP contribution in [0.3, 0.4) is 0 Å². The fraction of sp³-hybridized carbons (Fsp3) is 0.120. The quantitative estimate of drug-likeness (QED) is 0.0937. The van der Waals surface area contributed by atoms with Gasteiger partial charge in [-0.15, -0.1) is 0 Å². The number of nitrogens with zero attached hydrogens (tertiary/aromatic N) is 2.